The number of nitrogens with two attached hydrogens (primary N) is 1. The molecular formula is C34H49F2N7. The van der Waals surface area contributed by atoms with E-state index in [1.165, 1.54) is 70.2 Å². The maximum atomic E-state index is 13.7. The van der Waals surface area contributed by atoms with Gasteiger partial charge in [0.05, 0.1) is 6.20 Å². The number of amidine groups is 1. The van der Waals surface area contributed by atoms with Crippen LogP contribution in [0.1, 0.15) is 81.8 Å². The lowest BCUT2D eigenvalue weighted by molar-refractivity contribution is 0.0540. The summed E-state index contributed by atoms with van der Waals surface area (Å²) in [6.07, 6.45) is 14.3. The minimum Gasteiger partial charge on any atom is -0.385 e. The average molecular weight is 594 g/mol. The van der Waals surface area contributed by atoms with Gasteiger partial charge >= 0.3 is 0 Å². The minimum atomic E-state index is -2.53. The van der Waals surface area contributed by atoms with Gasteiger partial charge < -0.3 is 21.7 Å². The fourth-order valence-electron chi connectivity index (χ4n) is 7.96. The van der Waals surface area contributed by atoms with E-state index >= 15 is 0 Å². The number of hydrogen-bond donors (Lipinski definition) is 4. The number of benzene rings is 1. The van der Waals surface area contributed by atoms with E-state index in [1.807, 2.05) is 6.07 Å². The number of aromatic nitrogens is 2. The largest absolute Gasteiger partial charge is 0.385 e. The van der Waals surface area contributed by atoms with Crippen molar-refractivity contribution in [1.82, 2.24) is 25.7 Å². The number of nitrogens with zero attached hydrogens (tertiary/aromatic N) is 3. The zero-order valence-electron chi connectivity index (χ0n) is 25.7. The Morgan fingerprint density at radius 3 is 2.56 bits per heavy atom. The fraction of sp³-hybridized carbons (Fsp3) is 0.647. The zero-order chi connectivity index (χ0) is 29.8. The SMILES string of the molecule is Cn1cc(-c2cc(CCCN=C(N)C3=C(NC4CCC(C5CCC6(CC5)CNC6)CC4)CCNC3)ccc2C(F)F)cn1. The second-order valence-corrected chi connectivity index (χ2v) is 13.6. The highest BCUT2D eigenvalue weighted by Crippen LogP contribution is 2.46. The Morgan fingerprint density at radius 1 is 1.12 bits per heavy atom. The third-order valence-electron chi connectivity index (χ3n) is 10.7. The van der Waals surface area contributed by atoms with Crippen molar-refractivity contribution in [1.29, 1.82) is 0 Å². The average Bonchev–Trinajstić information content (AvgIpc) is 3.45. The number of halogens is 2. The van der Waals surface area contributed by atoms with Crippen LogP contribution in [0.2, 0.25) is 0 Å². The molecule has 5 N–H and O–H groups in total. The van der Waals surface area contributed by atoms with Crippen LogP contribution in [-0.2, 0) is 13.5 Å². The number of aliphatic imine (C=N–C) groups is 1. The monoisotopic (exact) mass is 593 g/mol. The van der Waals surface area contributed by atoms with E-state index in [-0.39, 0.29) is 5.56 Å². The van der Waals surface area contributed by atoms with Gasteiger partial charge in [-0.25, -0.2) is 8.78 Å². The lowest BCUT2D eigenvalue weighted by Gasteiger charge is -2.49. The molecule has 43 heavy (non-hydrogen) atoms. The van der Waals surface area contributed by atoms with Gasteiger partial charge in [0.25, 0.3) is 6.43 Å². The van der Waals surface area contributed by atoms with E-state index in [0.717, 1.165) is 55.3 Å². The minimum absolute atomic E-state index is 0.0397. The van der Waals surface area contributed by atoms with Crippen LogP contribution in [0, 0.1) is 17.3 Å². The first-order chi connectivity index (χ1) is 20.9. The van der Waals surface area contributed by atoms with E-state index in [4.69, 9.17) is 10.7 Å². The highest BCUT2D eigenvalue weighted by molar-refractivity contribution is 5.98. The molecule has 1 saturated heterocycles. The van der Waals surface area contributed by atoms with Crippen LogP contribution in [0.5, 0.6) is 0 Å². The Morgan fingerprint density at radius 2 is 1.88 bits per heavy atom. The van der Waals surface area contributed by atoms with Gasteiger partial charge in [-0.2, -0.15) is 5.10 Å². The zero-order valence-corrected chi connectivity index (χ0v) is 25.7. The van der Waals surface area contributed by atoms with Gasteiger partial charge in [0, 0.05) is 80.8 Å². The predicted molar refractivity (Wildman–Crippen MR) is 169 cm³/mol. The molecule has 7 nitrogen and oxygen atoms in total. The first kappa shape index (κ1) is 30.3. The topological polar surface area (TPSA) is 92.3 Å². The van der Waals surface area contributed by atoms with Crippen LogP contribution >= 0.6 is 0 Å². The summed E-state index contributed by atoms with van der Waals surface area (Å²) in [6, 6.07) is 5.74. The molecule has 0 atom stereocenters. The number of aryl methyl sites for hydroxylation is 2. The van der Waals surface area contributed by atoms with Crippen molar-refractivity contribution in [2.75, 3.05) is 32.7 Å². The van der Waals surface area contributed by atoms with E-state index in [9.17, 15) is 8.78 Å². The summed E-state index contributed by atoms with van der Waals surface area (Å²) in [6.45, 7) is 4.81. The second-order valence-electron chi connectivity index (χ2n) is 13.6. The Balaban J connectivity index is 1.01. The second kappa shape index (κ2) is 13.5. The Kier molecular flexibility index (Phi) is 9.48. The number of hydrogen-bond acceptors (Lipinski definition) is 5. The first-order valence-electron chi connectivity index (χ1n) is 16.5. The predicted octanol–water partition coefficient (Wildman–Crippen LogP) is 5.49. The third kappa shape index (κ3) is 7.14. The highest BCUT2D eigenvalue weighted by atomic mass is 19.3. The molecule has 234 valence electrons. The smallest absolute Gasteiger partial charge is 0.264 e. The molecule has 2 aliphatic heterocycles. The summed E-state index contributed by atoms with van der Waals surface area (Å²) < 4.78 is 29.0. The van der Waals surface area contributed by atoms with Crippen molar-refractivity contribution in [2.45, 2.75) is 83.1 Å². The van der Waals surface area contributed by atoms with Gasteiger partial charge in [0.1, 0.15) is 5.84 Å². The molecule has 1 spiro atoms. The van der Waals surface area contributed by atoms with Crippen LogP contribution < -0.4 is 21.7 Å². The van der Waals surface area contributed by atoms with Crippen molar-refractivity contribution in [3.63, 3.8) is 0 Å². The lowest BCUT2D eigenvalue weighted by atomic mass is 9.63. The van der Waals surface area contributed by atoms with Crippen LogP contribution in [0.15, 0.2) is 46.9 Å². The molecular weight excluding hydrogens is 544 g/mol. The maximum Gasteiger partial charge on any atom is 0.264 e. The molecule has 2 aromatic rings. The number of rotatable bonds is 10. The molecule has 0 bridgehead atoms. The van der Waals surface area contributed by atoms with Crippen LogP contribution in [0.3, 0.4) is 0 Å². The van der Waals surface area contributed by atoms with Gasteiger partial charge in [0.2, 0.25) is 0 Å². The molecule has 1 aromatic heterocycles. The Hall–Kier alpha value is -2.78. The molecule has 4 aliphatic rings. The van der Waals surface area contributed by atoms with Gasteiger partial charge in [-0.1, -0.05) is 18.2 Å². The summed E-state index contributed by atoms with van der Waals surface area (Å²) in [5.74, 6) is 2.46. The molecule has 3 heterocycles. The molecule has 3 fully saturated rings. The molecule has 0 radical (unpaired) electrons. The summed E-state index contributed by atoms with van der Waals surface area (Å²) in [4.78, 5) is 4.75. The summed E-state index contributed by atoms with van der Waals surface area (Å²) in [5.41, 5.74) is 11.9. The normalized spacial score (nSPS) is 24.9. The molecule has 0 amide bonds. The Labute approximate surface area is 255 Å². The van der Waals surface area contributed by atoms with Crippen LogP contribution in [-0.4, -0.2) is 54.4 Å². The third-order valence-corrected chi connectivity index (χ3v) is 10.7. The van der Waals surface area contributed by atoms with E-state index < -0.39 is 6.43 Å². The van der Waals surface area contributed by atoms with E-state index in [1.54, 1.807) is 36.3 Å². The highest BCUT2D eigenvalue weighted by Gasteiger charge is 2.42. The standard InChI is InChI=1S/C34H49F2N7/c1-43-20-26(18-41-43)29-17-23(4-9-28(29)32(35)36)3-2-15-40-33(37)30-19-38-16-12-31(30)42-27-7-5-24(6-8-27)25-10-13-34(14-11-25)21-39-22-34/h4,9,17-18,20,24-25,27,32,38-39,42H,2-3,5-8,10-16,19,21-22H2,1H3,(H2,37,40). The van der Waals surface area contributed by atoms with Crippen molar-refractivity contribution < 1.29 is 8.78 Å². The first-order valence-corrected chi connectivity index (χ1v) is 16.5. The molecule has 9 heteroatoms. The van der Waals surface area contributed by atoms with Gasteiger partial charge in [-0.05, 0) is 92.6 Å². The van der Waals surface area contributed by atoms with Crippen LogP contribution in [0.25, 0.3) is 11.1 Å². The number of nitrogens with one attached hydrogen (secondary N) is 3. The summed E-state index contributed by atoms with van der Waals surface area (Å²) in [5, 5.41) is 15.0. The van der Waals surface area contributed by atoms with E-state index in [2.05, 4.69) is 21.0 Å². The molecule has 1 aromatic carbocycles. The summed E-state index contributed by atoms with van der Waals surface area (Å²) >= 11 is 0. The molecule has 2 aliphatic carbocycles. The maximum absolute atomic E-state index is 13.7. The Bertz CT molecular complexity index is 1290. The number of alkyl halides is 2. The molecule has 0 unspecified atom stereocenters. The quantitative estimate of drug-likeness (QED) is 0.166. The van der Waals surface area contributed by atoms with Crippen LogP contribution in [0.4, 0.5) is 8.78 Å². The van der Waals surface area contributed by atoms with Gasteiger partial charge in [-0.3, -0.25) is 9.67 Å². The van der Waals surface area contributed by atoms with Crippen molar-refractivity contribution in [3.8, 4) is 11.1 Å². The fourth-order valence-corrected chi connectivity index (χ4v) is 7.96. The van der Waals surface area contributed by atoms with Gasteiger partial charge in [-0.15, -0.1) is 0 Å². The molecule has 2 saturated carbocycles. The van der Waals surface area contributed by atoms with Crippen molar-refractivity contribution in [2.24, 2.45) is 35.0 Å². The van der Waals surface area contributed by atoms with Gasteiger partial charge in [0.15, 0.2) is 0 Å². The lowest BCUT2D eigenvalue weighted by Crippen LogP contribution is -2.55. The molecule has 6 rings (SSSR count). The van der Waals surface area contributed by atoms with Crippen molar-refractivity contribution >= 4 is 5.84 Å². The van der Waals surface area contributed by atoms with Crippen molar-refractivity contribution in [3.05, 3.63) is 53.0 Å². The van der Waals surface area contributed by atoms with E-state index in [0.29, 0.717) is 35.0 Å². The summed E-state index contributed by atoms with van der Waals surface area (Å²) in [7, 11) is 1.79.